The molecular weight excluding hydrogens is 212 g/mol. The summed E-state index contributed by atoms with van der Waals surface area (Å²) in [5, 5.41) is 12.5. The smallest absolute Gasteiger partial charge is 0.103 e. The lowest BCUT2D eigenvalue weighted by Gasteiger charge is -2.16. The van der Waals surface area contributed by atoms with Crippen LogP contribution >= 0.6 is 0 Å². The molecule has 3 N–H and O–H groups in total. The predicted octanol–water partition coefficient (Wildman–Crippen LogP) is 1.72. The number of nitrogens with zero attached hydrogens (tertiary/aromatic N) is 2. The van der Waals surface area contributed by atoms with Crippen LogP contribution in [0.3, 0.4) is 0 Å². The molecule has 4 nitrogen and oxygen atoms in total. The van der Waals surface area contributed by atoms with Gasteiger partial charge >= 0.3 is 0 Å². The lowest BCUT2D eigenvalue weighted by Crippen LogP contribution is -2.24. The highest BCUT2D eigenvalue weighted by molar-refractivity contribution is 5.60. The molecule has 90 valence electrons. The Morgan fingerprint density at radius 3 is 2.76 bits per heavy atom. The number of aromatic nitrogens is 1. The van der Waals surface area contributed by atoms with E-state index >= 15 is 0 Å². The van der Waals surface area contributed by atoms with Gasteiger partial charge in [0.2, 0.25) is 0 Å². The Kier molecular flexibility index (Phi) is 3.03. The molecule has 0 spiro atoms. The fourth-order valence-corrected chi connectivity index (χ4v) is 2.02. The van der Waals surface area contributed by atoms with Crippen LogP contribution in [-0.4, -0.2) is 18.1 Å². The fourth-order valence-electron chi connectivity index (χ4n) is 2.02. The molecule has 1 aliphatic rings. The van der Waals surface area contributed by atoms with E-state index in [1.54, 1.807) is 0 Å². The van der Waals surface area contributed by atoms with Crippen molar-refractivity contribution in [2.75, 3.05) is 18.4 Å². The van der Waals surface area contributed by atoms with Gasteiger partial charge in [0.05, 0.1) is 16.9 Å². The number of nitrogens with one attached hydrogen (secondary N) is 1. The van der Waals surface area contributed by atoms with Gasteiger partial charge in [0.15, 0.2) is 0 Å². The maximum Gasteiger partial charge on any atom is 0.103 e. The van der Waals surface area contributed by atoms with Gasteiger partial charge in [-0.25, -0.2) is 0 Å². The monoisotopic (exact) mass is 230 g/mol. The van der Waals surface area contributed by atoms with Crippen LogP contribution < -0.4 is 11.1 Å². The SMILES string of the molecule is Cc1cc(NCC2(CN)CC2)c(C#N)c(C)n1. The molecule has 0 aromatic carbocycles. The van der Waals surface area contributed by atoms with Crippen LogP contribution in [0.25, 0.3) is 0 Å². The minimum absolute atomic E-state index is 0.262. The van der Waals surface area contributed by atoms with Crippen LogP contribution in [0, 0.1) is 30.6 Å². The van der Waals surface area contributed by atoms with Gasteiger partial charge in [-0.2, -0.15) is 5.26 Å². The normalized spacial score (nSPS) is 16.4. The number of hydrogen-bond donors (Lipinski definition) is 2. The molecule has 1 aromatic heterocycles. The Bertz CT molecular complexity index is 469. The van der Waals surface area contributed by atoms with Crippen molar-refractivity contribution < 1.29 is 0 Å². The standard InChI is InChI=1S/C13H18N4/c1-9-5-12(11(6-14)10(2)17-9)16-8-13(7-15)3-4-13/h5H,3-4,7-8,15H2,1-2H3,(H,16,17). The summed E-state index contributed by atoms with van der Waals surface area (Å²) in [6, 6.07) is 4.14. The van der Waals surface area contributed by atoms with E-state index in [2.05, 4.69) is 16.4 Å². The van der Waals surface area contributed by atoms with Gasteiger partial charge in [-0.05, 0) is 44.7 Å². The zero-order valence-electron chi connectivity index (χ0n) is 10.4. The van der Waals surface area contributed by atoms with E-state index in [1.165, 1.54) is 12.8 Å². The molecule has 0 bridgehead atoms. The number of nitriles is 1. The van der Waals surface area contributed by atoms with Crippen LogP contribution in [0.1, 0.15) is 29.8 Å². The predicted molar refractivity (Wildman–Crippen MR) is 67.6 cm³/mol. The first kappa shape index (κ1) is 11.9. The topological polar surface area (TPSA) is 74.7 Å². The van der Waals surface area contributed by atoms with E-state index in [0.29, 0.717) is 12.1 Å². The Labute approximate surface area is 102 Å². The molecule has 1 aromatic rings. The van der Waals surface area contributed by atoms with Gasteiger partial charge in [-0.15, -0.1) is 0 Å². The van der Waals surface area contributed by atoms with Crippen molar-refractivity contribution in [2.45, 2.75) is 26.7 Å². The summed E-state index contributed by atoms with van der Waals surface area (Å²) < 4.78 is 0. The zero-order valence-corrected chi connectivity index (χ0v) is 10.4. The molecule has 1 heterocycles. The van der Waals surface area contributed by atoms with Gasteiger partial charge in [0, 0.05) is 12.2 Å². The van der Waals surface area contributed by atoms with Crippen molar-refractivity contribution in [3.8, 4) is 6.07 Å². The van der Waals surface area contributed by atoms with Crippen molar-refractivity contribution in [1.29, 1.82) is 5.26 Å². The summed E-state index contributed by atoms with van der Waals surface area (Å²) in [6.45, 7) is 5.37. The molecule has 1 fully saturated rings. The first-order valence-corrected chi connectivity index (χ1v) is 5.92. The number of rotatable bonds is 4. The average Bonchev–Trinajstić information content (AvgIpc) is 3.06. The molecule has 0 unspecified atom stereocenters. The van der Waals surface area contributed by atoms with E-state index in [9.17, 15) is 0 Å². The zero-order chi connectivity index (χ0) is 12.5. The summed E-state index contributed by atoms with van der Waals surface area (Å²) >= 11 is 0. The minimum atomic E-state index is 0.262. The van der Waals surface area contributed by atoms with E-state index in [1.807, 2.05) is 19.9 Å². The summed E-state index contributed by atoms with van der Waals surface area (Å²) in [7, 11) is 0. The summed E-state index contributed by atoms with van der Waals surface area (Å²) in [4.78, 5) is 4.30. The molecule has 0 saturated heterocycles. The molecule has 4 heteroatoms. The van der Waals surface area contributed by atoms with Crippen LogP contribution in [-0.2, 0) is 0 Å². The molecular formula is C13H18N4. The Hall–Kier alpha value is -1.60. The Morgan fingerprint density at radius 1 is 1.53 bits per heavy atom. The molecule has 1 saturated carbocycles. The van der Waals surface area contributed by atoms with Crippen molar-refractivity contribution in [3.05, 3.63) is 23.0 Å². The van der Waals surface area contributed by atoms with Crippen molar-refractivity contribution in [2.24, 2.45) is 11.1 Å². The van der Waals surface area contributed by atoms with Crippen molar-refractivity contribution in [1.82, 2.24) is 4.98 Å². The third-order valence-corrected chi connectivity index (χ3v) is 3.48. The maximum absolute atomic E-state index is 9.14. The first-order chi connectivity index (χ1) is 8.10. The van der Waals surface area contributed by atoms with E-state index in [0.717, 1.165) is 23.6 Å². The minimum Gasteiger partial charge on any atom is -0.383 e. The molecule has 0 radical (unpaired) electrons. The lowest BCUT2D eigenvalue weighted by atomic mass is 10.1. The van der Waals surface area contributed by atoms with E-state index in [4.69, 9.17) is 11.0 Å². The van der Waals surface area contributed by atoms with Gasteiger partial charge in [-0.1, -0.05) is 0 Å². The Morgan fingerprint density at radius 2 is 2.24 bits per heavy atom. The number of aryl methyl sites for hydroxylation is 2. The van der Waals surface area contributed by atoms with Gasteiger partial charge in [0.25, 0.3) is 0 Å². The second kappa shape index (κ2) is 4.34. The number of pyridine rings is 1. The van der Waals surface area contributed by atoms with Crippen molar-refractivity contribution >= 4 is 5.69 Å². The number of anilines is 1. The van der Waals surface area contributed by atoms with Gasteiger partial charge in [0.1, 0.15) is 6.07 Å². The molecule has 0 aliphatic heterocycles. The van der Waals surface area contributed by atoms with Crippen LogP contribution in [0.2, 0.25) is 0 Å². The van der Waals surface area contributed by atoms with Crippen LogP contribution in [0.4, 0.5) is 5.69 Å². The fraction of sp³-hybridized carbons (Fsp3) is 0.538. The van der Waals surface area contributed by atoms with E-state index < -0.39 is 0 Å². The summed E-state index contributed by atoms with van der Waals surface area (Å²) in [5.74, 6) is 0. The largest absolute Gasteiger partial charge is 0.383 e. The quantitative estimate of drug-likeness (QED) is 0.826. The summed E-state index contributed by atoms with van der Waals surface area (Å²) in [6.07, 6.45) is 2.36. The molecule has 0 amide bonds. The molecule has 17 heavy (non-hydrogen) atoms. The lowest BCUT2D eigenvalue weighted by molar-refractivity contribution is 0.555. The maximum atomic E-state index is 9.14. The highest BCUT2D eigenvalue weighted by atomic mass is 14.9. The Balaban J connectivity index is 2.18. The summed E-state index contributed by atoms with van der Waals surface area (Å²) in [5.41, 5.74) is 9.25. The molecule has 0 atom stereocenters. The van der Waals surface area contributed by atoms with Crippen molar-refractivity contribution in [3.63, 3.8) is 0 Å². The number of nitrogens with two attached hydrogens (primary N) is 1. The molecule has 1 aliphatic carbocycles. The van der Waals surface area contributed by atoms with E-state index in [-0.39, 0.29) is 5.41 Å². The number of hydrogen-bond acceptors (Lipinski definition) is 4. The molecule has 2 rings (SSSR count). The second-order valence-electron chi connectivity index (χ2n) is 4.94. The average molecular weight is 230 g/mol. The first-order valence-electron chi connectivity index (χ1n) is 5.92. The second-order valence-corrected chi connectivity index (χ2v) is 4.94. The van der Waals surface area contributed by atoms with Crippen LogP contribution in [0.5, 0.6) is 0 Å². The highest BCUT2D eigenvalue weighted by Crippen LogP contribution is 2.44. The third kappa shape index (κ3) is 2.40. The van der Waals surface area contributed by atoms with Gasteiger partial charge < -0.3 is 11.1 Å². The third-order valence-electron chi connectivity index (χ3n) is 3.48. The van der Waals surface area contributed by atoms with Crippen LogP contribution in [0.15, 0.2) is 6.07 Å². The van der Waals surface area contributed by atoms with Gasteiger partial charge in [-0.3, -0.25) is 4.98 Å². The highest BCUT2D eigenvalue weighted by Gasteiger charge is 2.40.